The van der Waals surface area contributed by atoms with Gasteiger partial charge in [0.15, 0.2) is 0 Å². The summed E-state index contributed by atoms with van der Waals surface area (Å²) >= 11 is 0. The van der Waals surface area contributed by atoms with E-state index in [2.05, 4.69) is 5.32 Å². The fraction of sp³-hybridized carbons (Fsp3) is 0.900. The largest absolute Gasteiger partial charge is 0.444 e. The smallest absolute Gasteiger partial charge is 0.407 e. The molecule has 15 heavy (non-hydrogen) atoms. The summed E-state index contributed by atoms with van der Waals surface area (Å²) in [5.41, 5.74) is -0.514. The summed E-state index contributed by atoms with van der Waals surface area (Å²) in [6.07, 6.45) is -0.528. The van der Waals surface area contributed by atoms with E-state index in [9.17, 15) is 9.90 Å². The van der Waals surface area contributed by atoms with Crippen molar-refractivity contribution in [3.8, 4) is 0 Å². The highest BCUT2D eigenvalue weighted by Gasteiger charge is 2.27. The number of ether oxygens (including phenoxy) is 2. The molecule has 0 aromatic carbocycles. The topological polar surface area (TPSA) is 67.8 Å². The number of rotatable bonds is 1. The first-order valence-electron chi connectivity index (χ1n) is 5.14. The Morgan fingerprint density at radius 3 is 2.73 bits per heavy atom. The van der Waals surface area contributed by atoms with Gasteiger partial charge >= 0.3 is 6.09 Å². The third kappa shape index (κ3) is 4.48. The average Bonchev–Trinajstić information content (AvgIpc) is 2.05. The lowest BCUT2D eigenvalue weighted by Crippen LogP contribution is -2.49. The Labute approximate surface area is 89.8 Å². The van der Waals surface area contributed by atoms with Crippen LogP contribution in [0.4, 0.5) is 4.79 Å². The first-order valence-corrected chi connectivity index (χ1v) is 5.14. The standard InChI is InChI=1S/C10H19NO4/c1-10(2,3)15-9(13)11-7-4-5-14-6-8(7)12/h7-8,12H,4-6H2,1-3H3,(H,11,13)/t7-,8+/m1/s1. The molecule has 1 heterocycles. The Morgan fingerprint density at radius 1 is 1.53 bits per heavy atom. The molecule has 0 saturated carbocycles. The summed E-state index contributed by atoms with van der Waals surface area (Å²) in [6, 6.07) is -0.270. The molecule has 0 aromatic rings. The first kappa shape index (κ1) is 12.3. The van der Waals surface area contributed by atoms with Crippen LogP contribution in [-0.4, -0.2) is 42.2 Å². The van der Waals surface area contributed by atoms with Crippen LogP contribution in [0.5, 0.6) is 0 Å². The van der Waals surface area contributed by atoms with E-state index in [1.165, 1.54) is 0 Å². The zero-order valence-corrected chi connectivity index (χ0v) is 9.45. The number of amides is 1. The van der Waals surface area contributed by atoms with Gasteiger partial charge in [-0.1, -0.05) is 0 Å². The molecule has 1 aliphatic heterocycles. The fourth-order valence-electron chi connectivity index (χ4n) is 1.35. The minimum atomic E-state index is -0.647. The van der Waals surface area contributed by atoms with E-state index in [1.807, 2.05) is 0 Å². The maximum Gasteiger partial charge on any atom is 0.407 e. The van der Waals surface area contributed by atoms with Crippen molar-refractivity contribution in [3.05, 3.63) is 0 Å². The second-order valence-corrected chi connectivity index (χ2v) is 4.68. The Bertz CT molecular complexity index is 224. The van der Waals surface area contributed by atoms with Crippen LogP contribution >= 0.6 is 0 Å². The highest BCUT2D eigenvalue weighted by atomic mass is 16.6. The first-order chi connectivity index (χ1) is 6.88. The summed E-state index contributed by atoms with van der Waals surface area (Å²) in [4.78, 5) is 11.4. The molecule has 0 radical (unpaired) electrons. The molecule has 88 valence electrons. The molecular formula is C10H19NO4. The van der Waals surface area contributed by atoms with Gasteiger partial charge in [-0.05, 0) is 27.2 Å². The molecule has 5 heteroatoms. The number of alkyl carbamates (subject to hydrolysis) is 1. The number of hydrogen-bond donors (Lipinski definition) is 2. The molecule has 5 nitrogen and oxygen atoms in total. The Kier molecular flexibility index (Phi) is 3.93. The molecule has 1 aliphatic rings. The number of hydrogen-bond acceptors (Lipinski definition) is 4. The van der Waals surface area contributed by atoms with Gasteiger partial charge in [0.05, 0.1) is 18.8 Å². The highest BCUT2D eigenvalue weighted by Crippen LogP contribution is 2.10. The van der Waals surface area contributed by atoms with Gasteiger partial charge in [0, 0.05) is 6.61 Å². The van der Waals surface area contributed by atoms with Gasteiger partial charge in [-0.15, -0.1) is 0 Å². The molecular weight excluding hydrogens is 198 g/mol. The SMILES string of the molecule is CC(C)(C)OC(=O)N[C@@H]1CCOC[C@@H]1O. The van der Waals surface area contributed by atoms with Crippen LogP contribution in [-0.2, 0) is 9.47 Å². The molecule has 0 aromatic heterocycles. The number of aliphatic hydroxyl groups excluding tert-OH is 1. The second-order valence-electron chi connectivity index (χ2n) is 4.68. The van der Waals surface area contributed by atoms with Gasteiger partial charge in [0.2, 0.25) is 0 Å². The maximum atomic E-state index is 11.4. The molecule has 0 spiro atoms. The Morgan fingerprint density at radius 2 is 2.20 bits per heavy atom. The van der Waals surface area contributed by atoms with Crippen molar-refractivity contribution >= 4 is 6.09 Å². The summed E-state index contributed by atoms with van der Waals surface area (Å²) < 4.78 is 10.1. The van der Waals surface area contributed by atoms with Crippen LogP contribution < -0.4 is 5.32 Å². The van der Waals surface area contributed by atoms with E-state index < -0.39 is 17.8 Å². The Balaban J connectivity index is 2.36. The number of carbonyl (C=O) groups is 1. The molecule has 2 atom stereocenters. The number of carbonyl (C=O) groups excluding carboxylic acids is 1. The quantitative estimate of drug-likeness (QED) is 0.677. The van der Waals surface area contributed by atoms with Gasteiger partial charge in [-0.25, -0.2) is 4.79 Å². The number of aliphatic hydroxyl groups is 1. The zero-order valence-electron chi connectivity index (χ0n) is 9.45. The fourth-order valence-corrected chi connectivity index (χ4v) is 1.35. The molecule has 0 aliphatic carbocycles. The minimum Gasteiger partial charge on any atom is -0.444 e. The molecule has 1 amide bonds. The van der Waals surface area contributed by atoms with E-state index in [-0.39, 0.29) is 12.6 Å². The zero-order chi connectivity index (χ0) is 11.5. The summed E-state index contributed by atoms with van der Waals surface area (Å²) in [5, 5.41) is 12.2. The van der Waals surface area contributed by atoms with Crippen LogP contribution in [0.15, 0.2) is 0 Å². The summed E-state index contributed by atoms with van der Waals surface area (Å²) in [5.74, 6) is 0. The lowest BCUT2D eigenvalue weighted by molar-refractivity contribution is -0.0308. The van der Waals surface area contributed by atoms with Crippen molar-refractivity contribution in [2.24, 2.45) is 0 Å². The monoisotopic (exact) mass is 217 g/mol. The maximum absolute atomic E-state index is 11.4. The van der Waals surface area contributed by atoms with E-state index in [0.717, 1.165) is 0 Å². The van der Waals surface area contributed by atoms with Crippen molar-refractivity contribution in [1.29, 1.82) is 0 Å². The van der Waals surface area contributed by atoms with Gasteiger partial charge in [-0.3, -0.25) is 0 Å². The third-order valence-electron chi connectivity index (χ3n) is 2.03. The lowest BCUT2D eigenvalue weighted by atomic mass is 10.1. The second kappa shape index (κ2) is 4.81. The molecule has 0 bridgehead atoms. The van der Waals surface area contributed by atoms with Crippen molar-refractivity contribution in [2.75, 3.05) is 13.2 Å². The molecule has 2 N–H and O–H groups in total. The average molecular weight is 217 g/mol. The van der Waals surface area contributed by atoms with E-state index in [0.29, 0.717) is 13.0 Å². The van der Waals surface area contributed by atoms with Gasteiger partial charge in [-0.2, -0.15) is 0 Å². The van der Waals surface area contributed by atoms with Crippen molar-refractivity contribution < 1.29 is 19.4 Å². The van der Waals surface area contributed by atoms with Crippen LogP contribution in [0.2, 0.25) is 0 Å². The summed E-state index contributed by atoms with van der Waals surface area (Å²) in [6.45, 7) is 6.21. The Hall–Kier alpha value is -0.810. The predicted octanol–water partition coefficient (Wildman–Crippen LogP) is 0.661. The number of nitrogens with one attached hydrogen (secondary N) is 1. The third-order valence-corrected chi connectivity index (χ3v) is 2.03. The minimum absolute atomic E-state index is 0.264. The normalized spacial score (nSPS) is 27.2. The van der Waals surface area contributed by atoms with Crippen LogP contribution in [0.1, 0.15) is 27.2 Å². The van der Waals surface area contributed by atoms with Crippen molar-refractivity contribution in [1.82, 2.24) is 5.32 Å². The highest BCUT2D eigenvalue weighted by molar-refractivity contribution is 5.68. The van der Waals surface area contributed by atoms with E-state index in [1.54, 1.807) is 20.8 Å². The van der Waals surface area contributed by atoms with Gasteiger partial charge < -0.3 is 19.9 Å². The lowest BCUT2D eigenvalue weighted by Gasteiger charge is -2.29. The van der Waals surface area contributed by atoms with Gasteiger partial charge in [0.25, 0.3) is 0 Å². The van der Waals surface area contributed by atoms with Crippen molar-refractivity contribution in [3.63, 3.8) is 0 Å². The van der Waals surface area contributed by atoms with E-state index in [4.69, 9.17) is 9.47 Å². The molecule has 1 rings (SSSR count). The van der Waals surface area contributed by atoms with Crippen LogP contribution in [0.25, 0.3) is 0 Å². The summed E-state index contributed by atoms with van der Waals surface area (Å²) in [7, 11) is 0. The van der Waals surface area contributed by atoms with Crippen molar-refractivity contribution in [2.45, 2.75) is 44.9 Å². The van der Waals surface area contributed by atoms with Crippen LogP contribution in [0.3, 0.4) is 0 Å². The van der Waals surface area contributed by atoms with Gasteiger partial charge in [0.1, 0.15) is 5.60 Å². The molecule has 1 saturated heterocycles. The predicted molar refractivity (Wildman–Crippen MR) is 54.6 cm³/mol. The molecule has 0 unspecified atom stereocenters. The van der Waals surface area contributed by atoms with E-state index >= 15 is 0 Å². The molecule has 1 fully saturated rings. The van der Waals surface area contributed by atoms with Crippen LogP contribution in [0, 0.1) is 0 Å².